The van der Waals surface area contributed by atoms with Gasteiger partial charge in [-0.25, -0.2) is 0 Å². The maximum atomic E-state index is 7.11. The highest BCUT2D eigenvalue weighted by atomic mass is 16.3. The van der Waals surface area contributed by atoms with Crippen molar-refractivity contribution in [3.05, 3.63) is 204 Å². The highest BCUT2D eigenvalue weighted by Gasteiger charge is 2.52. The predicted octanol–water partition coefficient (Wildman–Crippen LogP) is 13.6. The van der Waals surface area contributed by atoms with Crippen LogP contribution in [0.3, 0.4) is 0 Å². The van der Waals surface area contributed by atoms with E-state index < -0.39 is 5.41 Å². The van der Waals surface area contributed by atoms with E-state index in [4.69, 9.17) is 4.42 Å². The van der Waals surface area contributed by atoms with Gasteiger partial charge in [-0.05, 0) is 94.9 Å². The predicted molar refractivity (Wildman–Crippen MR) is 216 cm³/mol. The molecule has 0 saturated heterocycles. The van der Waals surface area contributed by atoms with E-state index in [1.54, 1.807) is 0 Å². The van der Waals surface area contributed by atoms with Gasteiger partial charge in [-0.15, -0.1) is 0 Å². The van der Waals surface area contributed by atoms with Crippen LogP contribution in [0.15, 0.2) is 186 Å². The summed E-state index contributed by atoms with van der Waals surface area (Å²) in [6.45, 7) is 0. The highest BCUT2D eigenvalue weighted by molar-refractivity contribution is 6.27. The Hall–Kier alpha value is -6.70. The average molecular weight is 659 g/mol. The zero-order chi connectivity index (χ0) is 34.0. The molecule has 2 aliphatic rings. The van der Waals surface area contributed by atoms with E-state index in [2.05, 4.69) is 182 Å². The monoisotopic (exact) mass is 658 g/mol. The van der Waals surface area contributed by atoms with E-state index in [-0.39, 0.29) is 0 Å². The summed E-state index contributed by atoms with van der Waals surface area (Å²) >= 11 is 0. The third-order valence-electron chi connectivity index (χ3n) is 11.9. The van der Waals surface area contributed by atoms with Crippen LogP contribution in [0.2, 0.25) is 0 Å². The van der Waals surface area contributed by atoms with E-state index in [1.165, 1.54) is 93.7 Å². The topological polar surface area (TPSA) is 13.1 Å². The van der Waals surface area contributed by atoms with Gasteiger partial charge in [0.05, 0.1) is 5.41 Å². The number of rotatable bonds is 2. The second-order valence-electron chi connectivity index (χ2n) is 14.2. The molecule has 240 valence electrons. The van der Waals surface area contributed by atoms with Gasteiger partial charge in [0.15, 0.2) is 0 Å². The molecule has 0 radical (unpaired) electrons. The molecule has 9 aromatic carbocycles. The number of benzene rings is 9. The zero-order valence-electron chi connectivity index (χ0n) is 28.2. The average Bonchev–Trinajstić information content (AvgIpc) is 3.84. The summed E-state index contributed by atoms with van der Waals surface area (Å²) in [5.74, 6) is 0. The molecule has 2 aliphatic carbocycles. The fourth-order valence-corrected chi connectivity index (χ4v) is 9.98. The maximum absolute atomic E-state index is 7.11. The first-order valence-electron chi connectivity index (χ1n) is 18.1. The molecule has 10 aromatic rings. The first-order valence-corrected chi connectivity index (χ1v) is 18.1. The normalized spacial score (nSPS) is 13.5. The highest BCUT2D eigenvalue weighted by Crippen LogP contribution is 2.65. The van der Waals surface area contributed by atoms with Crippen LogP contribution in [-0.2, 0) is 5.41 Å². The molecular formula is C51H30O. The van der Waals surface area contributed by atoms with E-state index in [1.807, 2.05) is 0 Å². The van der Waals surface area contributed by atoms with Crippen molar-refractivity contribution >= 4 is 43.5 Å². The minimum atomic E-state index is -0.489. The fraction of sp³-hybridized carbons (Fsp3) is 0.0196. The van der Waals surface area contributed by atoms with Gasteiger partial charge in [0.1, 0.15) is 11.2 Å². The molecule has 1 heteroatoms. The second-order valence-corrected chi connectivity index (χ2v) is 14.2. The summed E-state index contributed by atoms with van der Waals surface area (Å²) in [7, 11) is 0. The Bertz CT molecular complexity index is 3020. The molecule has 1 aromatic heterocycles. The third-order valence-corrected chi connectivity index (χ3v) is 11.9. The first-order chi connectivity index (χ1) is 25.8. The maximum Gasteiger partial charge on any atom is 0.144 e. The van der Waals surface area contributed by atoms with Crippen LogP contribution in [-0.4, -0.2) is 0 Å². The summed E-state index contributed by atoms with van der Waals surface area (Å²) < 4.78 is 7.11. The molecule has 0 unspecified atom stereocenters. The Kier molecular flexibility index (Phi) is 5.49. The molecule has 0 atom stereocenters. The van der Waals surface area contributed by atoms with Gasteiger partial charge in [0.2, 0.25) is 0 Å². The molecule has 12 rings (SSSR count). The van der Waals surface area contributed by atoms with E-state index in [0.29, 0.717) is 0 Å². The molecule has 0 N–H and O–H groups in total. The minimum absolute atomic E-state index is 0.489. The number of hydrogen-bond acceptors (Lipinski definition) is 1. The van der Waals surface area contributed by atoms with Crippen LogP contribution in [0.25, 0.3) is 88.0 Å². The summed E-state index contributed by atoms with van der Waals surface area (Å²) in [5.41, 5.74) is 16.6. The fourth-order valence-electron chi connectivity index (χ4n) is 9.98. The van der Waals surface area contributed by atoms with Crippen LogP contribution in [0.5, 0.6) is 0 Å². The van der Waals surface area contributed by atoms with Gasteiger partial charge < -0.3 is 4.42 Å². The van der Waals surface area contributed by atoms with Crippen molar-refractivity contribution in [2.45, 2.75) is 5.41 Å². The van der Waals surface area contributed by atoms with E-state index in [9.17, 15) is 0 Å². The van der Waals surface area contributed by atoms with E-state index in [0.717, 1.165) is 16.6 Å². The van der Waals surface area contributed by atoms with Crippen LogP contribution < -0.4 is 0 Å². The molecule has 52 heavy (non-hydrogen) atoms. The van der Waals surface area contributed by atoms with Gasteiger partial charge >= 0.3 is 0 Å². The number of fused-ring (bicyclic) bond motifs is 16. The smallest absolute Gasteiger partial charge is 0.144 e. The van der Waals surface area contributed by atoms with Crippen molar-refractivity contribution in [3.8, 4) is 44.5 Å². The number of hydrogen-bond donors (Lipinski definition) is 0. The quantitative estimate of drug-likeness (QED) is 0.169. The molecular weight excluding hydrogens is 629 g/mol. The van der Waals surface area contributed by atoms with Crippen LogP contribution >= 0.6 is 0 Å². The third kappa shape index (κ3) is 3.38. The lowest BCUT2D eigenvalue weighted by Crippen LogP contribution is -2.25. The van der Waals surface area contributed by atoms with Crippen molar-refractivity contribution in [3.63, 3.8) is 0 Å². The van der Waals surface area contributed by atoms with E-state index >= 15 is 0 Å². The van der Waals surface area contributed by atoms with Crippen molar-refractivity contribution in [2.75, 3.05) is 0 Å². The summed E-state index contributed by atoms with van der Waals surface area (Å²) in [5, 5.41) is 7.29. The molecule has 0 aliphatic heterocycles. The van der Waals surface area contributed by atoms with Gasteiger partial charge in [0.25, 0.3) is 0 Å². The van der Waals surface area contributed by atoms with Crippen molar-refractivity contribution in [2.24, 2.45) is 0 Å². The molecule has 0 bridgehead atoms. The minimum Gasteiger partial charge on any atom is -0.455 e. The largest absolute Gasteiger partial charge is 0.455 e. The number of para-hydroxylation sites is 1. The molecule has 0 amide bonds. The lowest BCUT2D eigenvalue weighted by molar-refractivity contribution is 0.669. The summed E-state index contributed by atoms with van der Waals surface area (Å²) in [6.07, 6.45) is 0. The SMILES string of the molecule is c1ccc(-c2c3ccccc3c(-c3cc4c(c5oc6ccccc6c35)-c3ccccc3C43c4ccccc4-c4ccccc43)c3ccccc23)cc1. The Balaban J connectivity index is 1.32. The van der Waals surface area contributed by atoms with Crippen molar-refractivity contribution in [1.82, 2.24) is 0 Å². The van der Waals surface area contributed by atoms with Crippen LogP contribution in [0.1, 0.15) is 22.3 Å². The zero-order valence-corrected chi connectivity index (χ0v) is 28.2. The van der Waals surface area contributed by atoms with Gasteiger partial charge in [-0.3, -0.25) is 0 Å². The first kappa shape index (κ1) is 28.0. The molecule has 1 nitrogen and oxygen atoms in total. The Morgan fingerprint density at radius 3 is 1.40 bits per heavy atom. The lowest BCUT2D eigenvalue weighted by Gasteiger charge is -2.31. The molecule has 0 saturated carbocycles. The Morgan fingerprint density at radius 2 is 0.788 bits per heavy atom. The number of furan rings is 1. The van der Waals surface area contributed by atoms with Crippen LogP contribution in [0.4, 0.5) is 0 Å². The van der Waals surface area contributed by atoms with Gasteiger partial charge in [-0.2, -0.15) is 0 Å². The lowest BCUT2D eigenvalue weighted by atomic mass is 9.70. The summed E-state index contributed by atoms with van der Waals surface area (Å²) in [6, 6.07) is 67.0. The second kappa shape index (κ2) is 10.2. The molecule has 1 spiro atoms. The summed E-state index contributed by atoms with van der Waals surface area (Å²) in [4.78, 5) is 0. The van der Waals surface area contributed by atoms with Crippen molar-refractivity contribution in [1.29, 1.82) is 0 Å². The van der Waals surface area contributed by atoms with Crippen LogP contribution in [0, 0.1) is 0 Å². The molecule has 0 fully saturated rings. The van der Waals surface area contributed by atoms with Gasteiger partial charge in [-0.1, -0.05) is 170 Å². The van der Waals surface area contributed by atoms with Crippen molar-refractivity contribution < 1.29 is 4.42 Å². The Morgan fingerprint density at radius 1 is 0.327 bits per heavy atom. The van der Waals surface area contributed by atoms with Gasteiger partial charge in [0, 0.05) is 16.3 Å². The standard InChI is InChI=1S/C51H30O/c1-2-16-31(17-3-1)46-34-20-4-6-22-36(34)47(37-23-7-5-21-35(37)46)40-30-44-49(50-48(40)39-25-11-15-29-45(39)52-50)38-24-10-14-28-43(38)51(44)41-26-12-8-18-32(41)33-19-9-13-27-42(33)51/h1-30H. The Labute approximate surface area is 301 Å². The molecule has 1 heterocycles.